The normalized spacial score (nSPS) is 10.3. The number of amides is 1. The van der Waals surface area contributed by atoms with Crippen LogP contribution >= 0.6 is 11.6 Å². The first kappa shape index (κ1) is 16.3. The number of halogens is 1. The minimum absolute atomic E-state index is 0.0190. The monoisotopic (exact) mass is 301 g/mol. The minimum atomic E-state index is -0.624. The van der Waals surface area contributed by atoms with Gasteiger partial charge in [-0.2, -0.15) is 0 Å². The van der Waals surface area contributed by atoms with E-state index in [1.807, 2.05) is 0 Å². The molecule has 0 aliphatic carbocycles. The summed E-state index contributed by atoms with van der Waals surface area (Å²) in [5.41, 5.74) is -0.253. The molecule has 20 heavy (non-hydrogen) atoms. The van der Waals surface area contributed by atoms with Crippen LogP contribution in [0.1, 0.15) is 29.6 Å². The molecule has 1 heterocycles. The molecule has 8 heteroatoms. The molecule has 1 N–H and O–H groups in total. The molecule has 0 atom stereocenters. The van der Waals surface area contributed by atoms with E-state index >= 15 is 0 Å². The molecule has 0 unspecified atom stereocenters. The molecule has 1 aromatic rings. The second-order valence-corrected chi connectivity index (χ2v) is 4.66. The predicted molar refractivity (Wildman–Crippen MR) is 73.8 cm³/mol. The zero-order valence-electron chi connectivity index (χ0n) is 11.1. The van der Waals surface area contributed by atoms with E-state index in [-0.39, 0.29) is 23.0 Å². The number of nitro groups is 1. The van der Waals surface area contributed by atoms with E-state index in [0.717, 1.165) is 25.1 Å². The Kier molecular flexibility index (Phi) is 6.33. The van der Waals surface area contributed by atoms with Crippen LogP contribution in [0.25, 0.3) is 0 Å². The van der Waals surface area contributed by atoms with Gasteiger partial charge in [0.25, 0.3) is 11.6 Å². The van der Waals surface area contributed by atoms with Gasteiger partial charge in [0.1, 0.15) is 11.3 Å². The lowest BCUT2D eigenvalue weighted by Crippen LogP contribution is -2.28. The summed E-state index contributed by atoms with van der Waals surface area (Å²) < 4.78 is 0. The molecule has 0 aliphatic rings. The fourth-order valence-electron chi connectivity index (χ4n) is 1.63. The summed E-state index contributed by atoms with van der Waals surface area (Å²) in [6.07, 6.45) is 3.24. The van der Waals surface area contributed by atoms with Gasteiger partial charge in [-0.25, -0.2) is 4.98 Å². The van der Waals surface area contributed by atoms with Crippen molar-refractivity contribution in [3.8, 4) is 0 Å². The van der Waals surface area contributed by atoms with E-state index in [1.54, 1.807) is 7.05 Å². The number of aliphatic hydroxyl groups excluding tert-OH is 1. The third kappa shape index (κ3) is 4.43. The molecule has 1 aromatic heterocycles. The highest BCUT2D eigenvalue weighted by atomic mass is 35.5. The van der Waals surface area contributed by atoms with Crippen LogP contribution in [0.5, 0.6) is 0 Å². The van der Waals surface area contributed by atoms with Crippen molar-refractivity contribution < 1.29 is 14.8 Å². The van der Waals surface area contributed by atoms with Gasteiger partial charge in [0.15, 0.2) is 0 Å². The molecule has 110 valence electrons. The number of nitrogens with zero attached hydrogens (tertiary/aromatic N) is 3. The number of carbonyl (C=O) groups excluding carboxylic acids is 1. The van der Waals surface area contributed by atoms with E-state index in [1.165, 1.54) is 4.90 Å². The van der Waals surface area contributed by atoms with Crippen LogP contribution in [-0.4, -0.2) is 46.0 Å². The summed E-state index contributed by atoms with van der Waals surface area (Å²) in [5, 5.41) is 19.3. The first-order valence-electron chi connectivity index (χ1n) is 6.13. The molecule has 1 amide bonds. The Labute approximate surface area is 121 Å². The van der Waals surface area contributed by atoms with Gasteiger partial charge in [-0.05, 0) is 19.3 Å². The number of pyridine rings is 1. The van der Waals surface area contributed by atoms with Gasteiger partial charge in [-0.3, -0.25) is 14.9 Å². The van der Waals surface area contributed by atoms with Crippen LogP contribution in [0.3, 0.4) is 0 Å². The maximum Gasteiger partial charge on any atom is 0.288 e. The maximum absolute atomic E-state index is 12.1. The molecule has 0 aliphatic heterocycles. The first-order valence-corrected chi connectivity index (χ1v) is 6.51. The molecular formula is C12H16ClN3O4. The zero-order valence-corrected chi connectivity index (χ0v) is 11.8. The topological polar surface area (TPSA) is 96.6 Å². The third-order valence-corrected chi connectivity index (χ3v) is 3.07. The van der Waals surface area contributed by atoms with E-state index < -0.39 is 10.8 Å². The Morgan fingerprint density at radius 2 is 2.20 bits per heavy atom. The summed E-state index contributed by atoms with van der Waals surface area (Å²) in [7, 11) is 1.59. The number of aliphatic hydroxyl groups is 1. The van der Waals surface area contributed by atoms with Gasteiger partial charge < -0.3 is 10.0 Å². The van der Waals surface area contributed by atoms with Crippen LogP contribution in [0, 0.1) is 10.1 Å². The average Bonchev–Trinajstić information content (AvgIpc) is 2.42. The average molecular weight is 302 g/mol. The Balaban J connectivity index is 2.75. The zero-order chi connectivity index (χ0) is 15.1. The lowest BCUT2D eigenvalue weighted by molar-refractivity contribution is -0.385. The molecule has 0 fully saturated rings. The van der Waals surface area contributed by atoms with Crippen molar-refractivity contribution >= 4 is 23.2 Å². The summed E-state index contributed by atoms with van der Waals surface area (Å²) in [6.45, 7) is 0.607. The molecule has 1 rings (SSSR count). The molecular weight excluding hydrogens is 286 g/mol. The van der Waals surface area contributed by atoms with Crippen molar-refractivity contribution in [1.29, 1.82) is 0 Å². The van der Waals surface area contributed by atoms with Crippen LogP contribution in [-0.2, 0) is 0 Å². The summed E-state index contributed by atoms with van der Waals surface area (Å²) in [4.78, 5) is 27.3. The van der Waals surface area contributed by atoms with Gasteiger partial charge in [0.05, 0.1) is 10.5 Å². The Bertz CT molecular complexity index is 496. The van der Waals surface area contributed by atoms with Crippen molar-refractivity contribution in [1.82, 2.24) is 9.88 Å². The molecule has 0 aromatic carbocycles. The van der Waals surface area contributed by atoms with Gasteiger partial charge in [-0.15, -0.1) is 0 Å². The lowest BCUT2D eigenvalue weighted by atomic mass is 10.2. The smallest absolute Gasteiger partial charge is 0.288 e. The number of hydrogen-bond acceptors (Lipinski definition) is 5. The largest absolute Gasteiger partial charge is 0.396 e. The van der Waals surface area contributed by atoms with Gasteiger partial charge in [0, 0.05) is 26.3 Å². The SMILES string of the molecule is CN(CCCCCO)C(=O)c1cc([N+](=O)[O-])cnc1Cl. The van der Waals surface area contributed by atoms with Crippen LogP contribution in [0.2, 0.25) is 5.15 Å². The van der Waals surface area contributed by atoms with Gasteiger partial charge >= 0.3 is 0 Å². The predicted octanol–water partition coefficient (Wildman–Crippen LogP) is 1.88. The molecule has 0 radical (unpaired) electrons. The maximum atomic E-state index is 12.1. The molecule has 0 saturated carbocycles. The fourth-order valence-corrected chi connectivity index (χ4v) is 1.82. The van der Waals surface area contributed by atoms with E-state index in [2.05, 4.69) is 4.98 Å². The molecule has 7 nitrogen and oxygen atoms in total. The van der Waals surface area contributed by atoms with Crippen molar-refractivity contribution in [3.05, 3.63) is 33.1 Å². The second kappa shape index (κ2) is 7.76. The summed E-state index contributed by atoms with van der Waals surface area (Å²) >= 11 is 5.81. The van der Waals surface area contributed by atoms with Crippen LogP contribution in [0.15, 0.2) is 12.3 Å². The quantitative estimate of drug-likeness (QED) is 0.359. The highest BCUT2D eigenvalue weighted by Crippen LogP contribution is 2.20. The number of aromatic nitrogens is 1. The molecule has 0 bridgehead atoms. The molecule has 0 saturated heterocycles. The fraction of sp³-hybridized carbons (Fsp3) is 0.500. The van der Waals surface area contributed by atoms with Crippen molar-refractivity contribution in [3.63, 3.8) is 0 Å². The van der Waals surface area contributed by atoms with Crippen molar-refractivity contribution in [2.45, 2.75) is 19.3 Å². The van der Waals surface area contributed by atoms with Gasteiger partial charge in [-0.1, -0.05) is 11.6 Å². The minimum Gasteiger partial charge on any atom is -0.396 e. The van der Waals surface area contributed by atoms with Gasteiger partial charge in [0.2, 0.25) is 0 Å². The van der Waals surface area contributed by atoms with Crippen LogP contribution in [0.4, 0.5) is 5.69 Å². The highest BCUT2D eigenvalue weighted by Gasteiger charge is 2.19. The summed E-state index contributed by atoms with van der Waals surface area (Å²) in [6, 6.07) is 1.13. The lowest BCUT2D eigenvalue weighted by Gasteiger charge is -2.17. The third-order valence-electron chi connectivity index (χ3n) is 2.76. The van der Waals surface area contributed by atoms with E-state index in [4.69, 9.17) is 16.7 Å². The number of carbonyl (C=O) groups is 1. The number of unbranched alkanes of at least 4 members (excludes halogenated alkanes) is 2. The van der Waals surface area contributed by atoms with Crippen LogP contribution < -0.4 is 0 Å². The number of rotatable bonds is 7. The highest BCUT2D eigenvalue weighted by molar-refractivity contribution is 6.32. The number of hydrogen-bond donors (Lipinski definition) is 1. The van der Waals surface area contributed by atoms with Crippen molar-refractivity contribution in [2.24, 2.45) is 0 Å². The first-order chi connectivity index (χ1) is 9.47. The van der Waals surface area contributed by atoms with E-state index in [9.17, 15) is 14.9 Å². The molecule has 0 spiro atoms. The Hall–Kier alpha value is -1.73. The van der Waals surface area contributed by atoms with E-state index in [0.29, 0.717) is 13.0 Å². The standard InChI is InChI=1S/C12H16ClN3O4/c1-15(5-3-2-4-6-17)12(18)10-7-9(16(19)20)8-14-11(10)13/h7-8,17H,2-6H2,1H3. The summed E-state index contributed by atoms with van der Waals surface area (Å²) in [5.74, 6) is -0.407. The second-order valence-electron chi connectivity index (χ2n) is 4.30. The Morgan fingerprint density at radius 1 is 1.50 bits per heavy atom. The Morgan fingerprint density at radius 3 is 2.80 bits per heavy atom. The van der Waals surface area contributed by atoms with Crippen molar-refractivity contribution in [2.75, 3.05) is 20.2 Å².